The van der Waals surface area contributed by atoms with Crippen molar-refractivity contribution >= 4 is 0 Å². The summed E-state index contributed by atoms with van der Waals surface area (Å²) in [4.78, 5) is 4.14. The van der Waals surface area contributed by atoms with Gasteiger partial charge in [-0.05, 0) is 24.5 Å². The quantitative estimate of drug-likeness (QED) is 0.624. The van der Waals surface area contributed by atoms with Crippen LogP contribution in [0.4, 0.5) is 0 Å². The Kier molecular flexibility index (Phi) is 3.31. The standard InChI is InChI=1S/C10H12N2/c1-9-5-6-10(12-8-9)4-2-3-7-11/h5-6,8H,3,7,11H2,1H3. The Bertz CT molecular complexity index is 290. The second-order valence-corrected chi connectivity index (χ2v) is 2.56. The number of aromatic nitrogens is 1. The topological polar surface area (TPSA) is 38.9 Å². The molecule has 0 fully saturated rings. The minimum absolute atomic E-state index is 0.610. The molecule has 1 aromatic rings. The van der Waals surface area contributed by atoms with E-state index in [1.807, 2.05) is 25.3 Å². The fourth-order valence-electron chi connectivity index (χ4n) is 0.767. The number of nitrogens with zero attached hydrogens (tertiary/aromatic N) is 1. The van der Waals surface area contributed by atoms with Crippen LogP contribution in [0.25, 0.3) is 0 Å². The van der Waals surface area contributed by atoms with Gasteiger partial charge in [-0.2, -0.15) is 0 Å². The lowest BCUT2D eigenvalue weighted by Crippen LogP contribution is -1.95. The summed E-state index contributed by atoms with van der Waals surface area (Å²) in [6, 6.07) is 3.91. The molecule has 0 unspecified atom stereocenters. The van der Waals surface area contributed by atoms with Crippen molar-refractivity contribution in [1.29, 1.82) is 0 Å². The molecule has 0 atom stereocenters. The molecule has 0 aromatic carbocycles. The van der Waals surface area contributed by atoms with Gasteiger partial charge in [0.05, 0.1) is 0 Å². The summed E-state index contributed by atoms with van der Waals surface area (Å²) < 4.78 is 0. The monoisotopic (exact) mass is 160 g/mol. The molecule has 0 bridgehead atoms. The van der Waals surface area contributed by atoms with E-state index < -0.39 is 0 Å². The molecule has 1 aromatic heterocycles. The van der Waals surface area contributed by atoms with E-state index in [2.05, 4.69) is 16.8 Å². The largest absolute Gasteiger partial charge is 0.330 e. The Labute approximate surface area is 72.8 Å². The van der Waals surface area contributed by atoms with Crippen LogP contribution in [0.5, 0.6) is 0 Å². The van der Waals surface area contributed by atoms with E-state index in [4.69, 9.17) is 5.73 Å². The van der Waals surface area contributed by atoms with Crippen LogP contribution in [-0.2, 0) is 0 Å². The number of hydrogen-bond acceptors (Lipinski definition) is 2. The first-order valence-electron chi connectivity index (χ1n) is 3.94. The molecule has 0 amide bonds. The third-order valence-corrected chi connectivity index (χ3v) is 1.40. The molecule has 0 radical (unpaired) electrons. The summed E-state index contributed by atoms with van der Waals surface area (Å²) in [5, 5.41) is 0. The molecule has 0 saturated heterocycles. The lowest BCUT2D eigenvalue weighted by atomic mass is 10.3. The summed E-state index contributed by atoms with van der Waals surface area (Å²) in [6.45, 7) is 2.61. The Morgan fingerprint density at radius 3 is 2.92 bits per heavy atom. The van der Waals surface area contributed by atoms with Crippen molar-refractivity contribution in [2.75, 3.05) is 6.54 Å². The zero-order valence-electron chi connectivity index (χ0n) is 7.17. The predicted molar refractivity (Wildman–Crippen MR) is 49.5 cm³/mol. The zero-order chi connectivity index (χ0) is 8.81. The highest BCUT2D eigenvalue weighted by atomic mass is 14.7. The van der Waals surface area contributed by atoms with E-state index >= 15 is 0 Å². The van der Waals surface area contributed by atoms with Gasteiger partial charge in [0.15, 0.2) is 0 Å². The van der Waals surface area contributed by atoms with Crippen molar-refractivity contribution in [2.45, 2.75) is 13.3 Å². The average Bonchev–Trinajstić information content (AvgIpc) is 2.09. The summed E-state index contributed by atoms with van der Waals surface area (Å²) in [6.07, 6.45) is 2.54. The molecule has 1 heterocycles. The van der Waals surface area contributed by atoms with Crippen LogP contribution in [0.2, 0.25) is 0 Å². The maximum Gasteiger partial charge on any atom is 0.113 e. The van der Waals surface area contributed by atoms with Gasteiger partial charge >= 0.3 is 0 Å². The minimum atomic E-state index is 0.610. The fraction of sp³-hybridized carbons (Fsp3) is 0.300. The number of pyridine rings is 1. The Morgan fingerprint density at radius 1 is 1.50 bits per heavy atom. The highest BCUT2D eigenvalue weighted by molar-refractivity contribution is 5.28. The number of aryl methyl sites for hydroxylation is 1. The van der Waals surface area contributed by atoms with Crippen LogP contribution in [0.1, 0.15) is 17.7 Å². The summed E-state index contributed by atoms with van der Waals surface area (Å²) in [5.41, 5.74) is 7.26. The maximum absolute atomic E-state index is 5.29. The van der Waals surface area contributed by atoms with Crippen LogP contribution >= 0.6 is 0 Å². The van der Waals surface area contributed by atoms with Crippen molar-refractivity contribution in [1.82, 2.24) is 4.98 Å². The molecule has 0 spiro atoms. The van der Waals surface area contributed by atoms with Gasteiger partial charge in [0.1, 0.15) is 5.69 Å². The summed E-state index contributed by atoms with van der Waals surface area (Å²) in [7, 11) is 0. The van der Waals surface area contributed by atoms with Gasteiger partial charge in [0, 0.05) is 19.2 Å². The number of hydrogen-bond donors (Lipinski definition) is 1. The van der Waals surface area contributed by atoms with Crippen LogP contribution < -0.4 is 5.73 Å². The first-order valence-corrected chi connectivity index (χ1v) is 3.94. The normalized spacial score (nSPS) is 8.83. The summed E-state index contributed by atoms with van der Waals surface area (Å²) in [5.74, 6) is 5.86. The van der Waals surface area contributed by atoms with Gasteiger partial charge in [-0.15, -0.1) is 0 Å². The zero-order valence-corrected chi connectivity index (χ0v) is 7.17. The second kappa shape index (κ2) is 4.53. The van der Waals surface area contributed by atoms with Crippen molar-refractivity contribution in [3.8, 4) is 11.8 Å². The molecule has 2 heteroatoms. The highest BCUT2D eigenvalue weighted by Gasteiger charge is 1.85. The third-order valence-electron chi connectivity index (χ3n) is 1.40. The molecule has 0 aliphatic rings. The first kappa shape index (κ1) is 8.76. The fourth-order valence-corrected chi connectivity index (χ4v) is 0.767. The second-order valence-electron chi connectivity index (χ2n) is 2.56. The molecule has 0 saturated carbocycles. The molecule has 12 heavy (non-hydrogen) atoms. The third kappa shape index (κ3) is 2.73. The van der Waals surface area contributed by atoms with Crippen molar-refractivity contribution in [2.24, 2.45) is 5.73 Å². The van der Waals surface area contributed by atoms with E-state index in [0.717, 1.165) is 17.7 Å². The van der Waals surface area contributed by atoms with E-state index in [9.17, 15) is 0 Å². The molecular weight excluding hydrogens is 148 g/mol. The minimum Gasteiger partial charge on any atom is -0.330 e. The molecule has 0 aliphatic carbocycles. The van der Waals surface area contributed by atoms with Gasteiger partial charge in [-0.3, -0.25) is 0 Å². The van der Waals surface area contributed by atoms with Gasteiger partial charge in [-0.1, -0.05) is 12.0 Å². The van der Waals surface area contributed by atoms with Crippen LogP contribution in [0.3, 0.4) is 0 Å². The number of nitrogens with two attached hydrogens (primary N) is 1. The van der Waals surface area contributed by atoms with Crippen LogP contribution in [-0.4, -0.2) is 11.5 Å². The molecular formula is C10H12N2. The lowest BCUT2D eigenvalue weighted by molar-refractivity contribution is 1.03. The van der Waals surface area contributed by atoms with Crippen molar-refractivity contribution < 1.29 is 0 Å². The average molecular weight is 160 g/mol. The van der Waals surface area contributed by atoms with E-state index in [-0.39, 0.29) is 0 Å². The Hall–Kier alpha value is -1.33. The van der Waals surface area contributed by atoms with Gasteiger partial charge in [0.2, 0.25) is 0 Å². The lowest BCUT2D eigenvalue weighted by Gasteiger charge is -1.90. The van der Waals surface area contributed by atoms with Crippen molar-refractivity contribution in [3.05, 3.63) is 29.6 Å². The molecule has 0 aliphatic heterocycles. The van der Waals surface area contributed by atoms with Gasteiger partial charge < -0.3 is 5.73 Å². The summed E-state index contributed by atoms with van der Waals surface area (Å²) >= 11 is 0. The van der Waals surface area contributed by atoms with Crippen LogP contribution in [0, 0.1) is 18.8 Å². The van der Waals surface area contributed by atoms with E-state index in [1.54, 1.807) is 0 Å². The highest BCUT2D eigenvalue weighted by Crippen LogP contribution is 1.95. The van der Waals surface area contributed by atoms with Gasteiger partial charge in [0.25, 0.3) is 0 Å². The molecule has 2 nitrogen and oxygen atoms in total. The Balaban J connectivity index is 2.66. The predicted octanol–water partition coefficient (Wildman–Crippen LogP) is 1.09. The smallest absolute Gasteiger partial charge is 0.113 e. The maximum atomic E-state index is 5.29. The molecule has 62 valence electrons. The van der Waals surface area contributed by atoms with E-state index in [0.29, 0.717) is 6.54 Å². The van der Waals surface area contributed by atoms with Crippen molar-refractivity contribution in [3.63, 3.8) is 0 Å². The van der Waals surface area contributed by atoms with E-state index in [1.165, 1.54) is 0 Å². The SMILES string of the molecule is Cc1ccc(C#CCCN)nc1. The molecule has 1 rings (SSSR count). The first-order chi connectivity index (χ1) is 5.83. The number of rotatable bonds is 1. The molecule has 2 N–H and O–H groups in total. The van der Waals surface area contributed by atoms with Crippen LogP contribution in [0.15, 0.2) is 18.3 Å². The van der Waals surface area contributed by atoms with Gasteiger partial charge in [-0.25, -0.2) is 4.98 Å². The Morgan fingerprint density at radius 2 is 2.33 bits per heavy atom.